The molecule has 0 aliphatic carbocycles. The third-order valence-electron chi connectivity index (χ3n) is 3.03. The highest BCUT2D eigenvalue weighted by molar-refractivity contribution is 14.1. The van der Waals surface area contributed by atoms with Crippen molar-refractivity contribution in [1.82, 2.24) is 5.32 Å². The van der Waals surface area contributed by atoms with Gasteiger partial charge in [0.15, 0.2) is 0 Å². The zero-order valence-corrected chi connectivity index (χ0v) is 12.3. The molecule has 1 aromatic rings. The van der Waals surface area contributed by atoms with E-state index in [1.54, 1.807) is 0 Å². The van der Waals surface area contributed by atoms with Gasteiger partial charge in [-0.1, -0.05) is 0 Å². The largest absolute Gasteiger partial charge is 0.379 e. The summed E-state index contributed by atoms with van der Waals surface area (Å²) in [5.41, 5.74) is 0.177. The maximum absolute atomic E-state index is 13.0. The Balaban J connectivity index is 2.11. The van der Waals surface area contributed by atoms with Gasteiger partial charge < -0.3 is 10.1 Å². The lowest BCUT2D eigenvalue weighted by Gasteiger charge is -2.34. The molecule has 3 nitrogen and oxygen atoms in total. The first-order valence-corrected chi connectivity index (χ1v) is 6.93. The van der Waals surface area contributed by atoms with Crippen LogP contribution in [0.1, 0.15) is 30.1 Å². The molecular weight excluding hydrogens is 348 g/mol. The Kier molecular flexibility index (Phi) is 4.21. The Hall–Kier alpha value is -0.690. The molecule has 0 aromatic heterocycles. The smallest absolute Gasteiger partial charge is 0.252 e. The lowest BCUT2D eigenvalue weighted by atomic mass is 9.94. The van der Waals surface area contributed by atoms with Crippen molar-refractivity contribution < 1.29 is 13.9 Å². The van der Waals surface area contributed by atoms with E-state index in [1.807, 2.05) is 29.5 Å². The summed E-state index contributed by atoms with van der Waals surface area (Å²) in [7, 11) is 0. The van der Waals surface area contributed by atoms with Gasteiger partial charge in [0.05, 0.1) is 17.7 Å². The van der Waals surface area contributed by atoms with E-state index in [4.69, 9.17) is 4.74 Å². The zero-order valence-electron chi connectivity index (χ0n) is 10.1. The van der Waals surface area contributed by atoms with Crippen LogP contribution in [0.3, 0.4) is 0 Å². The molecule has 1 aliphatic rings. The van der Waals surface area contributed by atoms with E-state index in [0.29, 0.717) is 15.7 Å². The molecule has 1 atom stereocenters. The van der Waals surface area contributed by atoms with Crippen molar-refractivity contribution in [1.29, 1.82) is 0 Å². The van der Waals surface area contributed by atoms with Crippen LogP contribution in [0.15, 0.2) is 18.2 Å². The summed E-state index contributed by atoms with van der Waals surface area (Å²) < 4.78 is 19.0. The van der Waals surface area contributed by atoms with Gasteiger partial charge in [-0.05, 0) is 60.6 Å². The van der Waals surface area contributed by atoms with E-state index < -0.39 is 0 Å². The molecule has 1 aliphatic heterocycles. The lowest BCUT2D eigenvalue weighted by Crippen LogP contribution is -2.51. The molecule has 0 saturated carbocycles. The molecule has 1 amide bonds. The van der Waals surface area contributed by atoms with Crippen LogP contribution in [0.4, 0.5) is 4.39 Å². The van der Waals surface area contributed by atoms with Crippen molar-refractivity contribution in [2.75, 3.05) is 13.2 Å². The number of halogens is 2. The Morgan fingerprint density at radius 1 is 1.56 bits per heavy atom. The first-order chi connectivity index (χ1) is 8.50. The summed E-state index contributed by atoms with van der Waals surface area (Å²) in [6.07, 6.45) is 1.84. The van der Waals surface area contributed by atoms with Crippen LogP contribution in [0.25, 0.3) is 0 Å². The van der Waals surface area contributed by atoms with Crippen molar-refractivity contribution in [3.8, 4) is 0 Å². The summed E-state index contributed by atoms with van der Waals surface area (Å²) in [5.74, 6) is -0.504. The molecule has 98 valence electrons. The number of benzene rings is 1. The van der Waals surface area contributed by atoms with E-state index in [-0.39, 0.29) is 17.3 Å². The molecule has 1 unspecified atom stereocenters. The number of rotatable bonds is 2. The van der Waals surface area contributed by atoms with E-state index >= 15 is 0 Å². The van der Waals surface area contributed by atoms with E-state index in [1.165, 1.54) is 18.2 Å². The van der Waals surface area contributed by atoms with Crippen molar-refractivity contribution >= 4 is 28.5 Å². The monoisotopic (exact) mass is 363 g/mol. The van der Waals surface area contributed by atoms with Gasteiger partial charge in [0.2, 0.25) is 0 Å². The van der Waals surface area contributed by atoms with Crippen molar-refractivity contribution in [3.63, 3.8) is 0 Å². The molecule has 18 heavy (non-hydrogen) atoms. The fourth-order valence-electron chi connectivity index (χ4n) is 2.05. The maximum atomic E-state index is 13.0. The summed E-state index contributed by atoms with van der Waals surface area (Å²) in [5, 5.41) is 2.98. The molecule has 0 bridgehead atoms. The first-order valence-electron chi connectivity index (χ1n) is 5.85. The maximum Gasteiger partial charge on any atom is 0.252 e. The molecule has 1 fully saturated rings. The molecule has 1 saturated heterocycles. The quantitative estimate of drug-likeness (QED) is 0.821. The van der Waals surface area contributed by atoms with Gasteiger partial charge in [0.1, 0.15) is 5.82 Å². The molecule has 0 radical (unpaired) electrons. The van der Waals surface area contributed by atoms with Crippen molar-refractivity contribution in [2.45, 2.75) is 25.3 Å². The Bertz CT molecular complexity index is 458. The summed E-state index contributed by atoms with van der Waals surface area (Å²) >= 11 is 1.97. The summed E-state index contributed by atoms with van der Waals surface area (Å²) in [6, 6.07) is 4.17. The standard InChI is InChI=1S/C13H15FINO2/c1-13(5-2-6-18-8-13)16-12(17)10-4-3-9(14)7-11(10)15/h3-4,7H,2,5-6,8H2,1H3,(H,16,17). The second-order valence-electron chi connectivity index (χ2n) is 4.80. The molecule has 1 aromatic carbocycles. The van der Waals surface area contributed by atoms with Gasteiger partial charge in [-0.25, -0.2) is 4.39 Å². The number of nitrogens with one attached hydrogen (secondary N) is 1. The fraction of sp³-hybridized carbons (Fsp3) is 0.462. The average Bonchev–Trinajstić information content (AvgIpc) is 2.28. The summed E-state index contributed by atoms with van der Waals surface area (Å²) in [6.45, 7) is 3.25. The molecule has 0 spiro atoms. The molecular formula is C13H15FINO2. The Morgan fingerprint density at radius 3 is 2.94 bits per heavy atom. The molecule has 1 N–H and O–H groups in total. The van der Waals surface area contributed by atoms with Crippen LogP contribution in [-0.2, 0) is 4.74 Å². The van der Waals surface area contributed by atoms with E-state index in [2.05, 4.69) is 5.32 Å². The fourth-order valence-corrected chi connectivity index (χ4v) is 2.77. The number of hydrogen-bond donors (Lipinski definition) is 1. The topological polar surface area (TPSA) is 38.3 Å². The molecule has 2 rings (SSSR count). The normalized spacial score (nSPS) is 23.7. The number of carbonyl (C=O) groups is 1. The predicted octanol–water partition coefficient (Wildman–Crippen LogP) is 2.73. The third-order valence-corrected chi connectivity index (χ3v) is 3.92. The Morgan fingerprint density at radius 2 is 2.33 bits per heavy atom. The Labute approximate surface area is 119 Å². The van der Waals surface area contributed by atoms with Gasteiger partial charge in [0.25, 0.3) is 5.91 Å². The first kappa shape index (κ1) is 13.7. The van der Waals surface area contributed by atoms with Gasteiger partial charge in [-0.15, -0.1) is 0 Å². The number of ether oxygens (including phenoxy) is 1. The van der Waals surface area contributed by atoms with Gasteiger partial charge in [0, 0.05) is 10.2 Å². The highest BCUT2D eigenvalue weighted by Crippen LogP contribution is 2.20. The highest BCUT2D eigenvalue weighted by atomic mass is 127. The molecule has 5 heteroatoms. The van der Waals surface area contributed by atoms with E-state index in [0.717, 1.165) is 19.4 Å². The minimum Gasteiger partial charge on any atom is -0.379 e. The van der Waals surface area contributed by atoms with Gasteiger partial charge in [-0.3, -0.25) is 4.79 Å². The summed E-state index contributed by atoms with van der Waals surface area (Å²) in [4.78, 5) is 12.2. The van der Waals surface area contributed by atoms with Crippen LogP contribution >= 0.6 is 22.6 Å². The number of carbonyl (C=O) groups excluding carboxylic acids is 1. The van der Waals surface area contributed by atoms with Crippen LogP contribution in [0.5, 0.6) is 0 Å². The minimum atomic E-state index is -0.330. The second kappa shape index (κ2) is 5.52. The van der Waals surface area contributed by atoms with Crippen LogP contribution in [-0.4, -0.2) is 24.7 Å². The number of amides is 1. The third kappa shape index (κ3) is 3.20. The number of hydrogen-bond acceptors (Lipinski definition) is 2. The minimum absolute atomic E-state index is 0.174. The molecule has 1 heterocycles. The van der Waals surface area contributed by atoms with Crippen LogP contribution in [0, 0.1) is 9.39 Å². The SMILES string of the molecule is CC1(NC(=O)c2ccc(F)cc2I)CCCOC1. The highest BCUT2D eigenvalue weighted by Gasteiger charge is 2.30. The average molecular weight is 363 g/mol. The second-order valence-corrected chi connectivity index (χ2v) is 5.96. The van der Waals surface area contributed by atoms with Crippen LogP contribution < -0.4 is 5.32 Å². The van der Waals surface area contributed by atoms with Crippen molar-refractivity contribution in [2.24, 2.45) is 0 Å². The van der Waals surface area contributed by atoms with Crippen molar-refractivity contribution in [3.05, 3.63) is 33.1 Å². The van der Waals surface area contributed by atoms with Gasteiger partial charge in [-0.2, -0.15) is 0 Å². The van der Waals surface area contributed by atoms with Crippen LogP contribution in [0.2, 0.25) is 0 Å². The zero-order chi connectivity index (χ0) is 13.2. The van der Waals surface area contributed by atoms with Gasteiger partial charge >= 0.3 is 0 Å². The predicted molar refractivity (Wildman–Crippen MR) is 75.0 cm³/mol. The van der Waals surface area contributed by atoms with E-state index in [9.17, 15) is 9.18 Å². The lowest BCUT2D eigenvalue weighted by molar-refractivity contribution is 0.0272.